The minimum atomic E-state index is -4.14. The molecule has 158 valence electrons. The molecule has 0 amide bonds. The molecule has 0 saturated heterocycles. The van der Waals surface area contributed by atoms with Gasteiger partial charge in [0.05, 0.1) is 22.6 Å². The molecule has 5 nitrogen and oxygen atoms in total. The molecule has 31 heavy (non-hydrogen) atoms. The van der Waals surface area contributed by atoms with Gasteiger partial charge in [-0.1, -0.05) is 35.9 Å². The molecule has 0 bridgehead atoms. The average molecular weight is 464 g/mol. The predicted molar refractivity (Wildman–Crippen MR) is 111 cm³/mol. The normalized spacial score (nSPS) is 11.6. The molecule has 0 unspecified atom stereocenters. The lowest BCUT2D eigenvalue weighted by atomic mass is 10.1. The van der Waals surface area contributed by atoms with E-state index in [2.05, 4.69) is 5.10 Å². The predicted octanol–water partition coefficient (Wildman–Crippen LogP) is 4.92. The van der Waals surface area contributed by atoms with Crippen molar-refractivity contribution in [2.75, 3.05) is 0 Å². The number of primary sulfonamides is 1. The van der Waals surface area contributed by atoms with E-state index < -0.39 is 33.0 Å². The maximum Gasteiger partial charge on any atom is 0.240 e. The number of hydrogen-bond acceptors (Lipinski definition) is 3. The molecule has 1 heterocycles. The summed E-state index contributed by atoms with van der Waals surface area (Å²) in [6.07, 6.45) is 0. The Labute approximate surface area is 180 Å². The van der Waals surface area contributed by atoms with Crippen LogP contribution in [0.25, 0.3) is 28.2 Å². The summed E-state index contributed by atoms with van der Waals surface area (Å²) in [5.41, 5.74) is 0.206. The first-order valence-corrected chi connectivity index (χ1v) is 10.7. The Bertz CT molecular complexity index is 1380. The number of sulfonamides is 1. The first-order chi connectivity index (χ1) is 14.6. The van der Waals surface area contributed by atoms with Crippen LogP contribution in [0.1, 0.15) is 0 Å². The molecule has 0 aliphatic carbocycles. The zero-order chi connectivity index (χ0) is 22.3. The van der Waals surface area contributed by atoms with Crippen LogP contribution in [0.5, 0.6) is 0 Å². The topological polar surface area (TPSA) is 78.0 Å². The third-order valence-corrected chi connectivity index (χ3v) is 5.72. The van der Waals surface area contributed by atoms with E-state index in [9.17, 15) is 21.6 Å². The van der Waals surface area contributed by atoms with Crippen molar-refractivity contribution in [1.29, 1.82) is 0 Å². The average Bonchev–Trinajstić information content (AvgIpc) is 3.12. The number of aromatic nitrogens is 2. The third-order valence-electron chi connectivity index (χ3n) is 4.51. The summed E-state index contributed by atoms with van der Waals surface area (Å²) in [5.74, 6) is -3.37. The molecule has 0 atom stereocenters. The van der Waals surface area contributed by atoms with Gasteiger partial charge in [-0.05, 0) is 30.3 Å². The second-order valence-electron chi connectivity index (χ2n) is 6.59. The van der Waals surface area contributed by atoms with Crippen molar-refractivity contribution < 1.29 is 21.6 Å². The van der Waals surface area contributed by atoms with E-state index >= 15 is 0 Å². The molecule has 0 saturated carbocycles. The molecule has 4 rings (SSSR count). The minimum Gasteiger partial charge on any atom is -0.231 e. The maximum absolute atomic E-state index is 14.4. The molecule has 4 aromatic rings. The Hall–Kier alpha value is -3.14. The fraction of sp³-hybridized carbons (Fsp3) is 0. The highest BCUT2D eigenvalue weighted by atomic mass is 35.5. The summed E-state index contributed by atoms with van der Waals surface area (Å²) >= 11 is 5.95. The van der Waals surface area contributed by atoms with Crippen LogP contribution < -0.4 is 5.14 Å². The van der Waals surface area contributed by atoms with E-state index in [4.69, 9.17) is 16.7 Å². The van der Waals surface area contributed by atoms with E-state index in [0.29, 0.717) is 28.4 Å². The number of benzene rings is 3. The van der Waals surface area contributed by atoms with Crippen molar-refractivity contribution in [3.63, 3.8) is 0 Å². The van der Waals surface area contributed by atoms with Gasteiger partial charge in [-0.15, -0.1) is 0 Å². The van der Waals surface area contributed by atoms with Crippen molar-refractivity contribution >= 4 is 21.6 Å². The summed E-state index contributed by atoms with van der Waals surface area (Å²) < 4.78 is 67.6. The monoisotopic (exact) mass is 463 g/mol. The molecular weight excluding hydrogens is 451 g/mol. The van der Waals surface area contributed by atoms with Crippen molar-refractivity contribution in [2.45, 2.75) is 4.90 Å². The summed E-state index contributed by atoms with van der Waals surface area (Å²) in [4.78, 5) is -0.236. The molecule has 2 N–H and O–H groups in total. The highest BCUT2D eigenvalue weighted by Crippen LogP contribution is 2.33. The van der Waals surface area contributed by atoms with Crippen molar-refractivity contribution in [2.24, 2.45) is 5.14 Å². The van der Waals surface area contributed by atoms with Crippen LogP contribution in [0, 0.1) is 17.5 Å². The van der Waals surface area contributed by atoms with Crippen LogP contribution in [-0.4, -0.2) is 18.2 Å². The van der Waals surface area contributed by atoms with Gasteiger partial charge >= 0.3 is 0 Å². The van der Waals surface area contributed by atoms with Gasteiger partial charge in [0, 0.05) is 22.7 Å². The van der Waals surface area contributed by atoms with Gasteiger partial charge in [0.15, 0.2) is 0 Å². The summed E-state index contributed by atoms with van der Waals surface area (Å²) in [6, 6.07) is 14.7. The first-order valence-electron chi connectivity index (χ1n) is 8.78. The van der Waals surface area contributed by atoms with Crippen molar-refractivity contribution in [3.05, 3.63) is 89.2 Å². The van der Waals surface area contributed by atoms with Crippen molar-refractivity contribution in [1.82, 2.24) is 9.78 Å². The van der Waals surface area contributed by atoms with Gasteiger partial charge in [0.2, 0.25) is 10.0 Å². The zero-order valence-electron chi connectivity index (χ0n) is 15.6. The van der Waals surface area contributed by atoms with E-state index in [-0.39, 0.29) is 16.3 Å². The summed E-state index contributed by atoms with van der Waals surface area (Å²) in [6.45, 7) is 0. The lowest BCUT2D eigenvalue weighted by molar-refractivity contribution is 0.547. The van der Waals surface area contributed by atoms with E-state index in [1.54, 1.807) is 30.3 Å². The highest BCUT2D eigenvalue weighted by molar-refractivity contribution is 7.89. The summed E-state index contributed by atoms with van der Waals surface area (Å²) in [7, 11) is -4.14. The largest absolute Gasteiger partial charge is 0.240 e. The minimum absolute atomic E-state index is 0.0733. The Kier molecular flexibility index (Phi) is 5.34. The second kappa shape index (κ2) is 7.84. The lowest BCUT2D eigenvalue weighted by Crippen LogP contribution is -2.16. The lowest BCUT2D eigenvalue weighted by Gasteiger charge is -2.11. The van der Waals surface area contributed by atoms with Gasteiger partial charge in [-0.2, -0.15) is 5.10 Å². The standard InChI is InChI=1S/C21H13ClF3N3O2S/c22-13-7-5-12(6-8-13)19-11-17(21-15(24)9-14(23)10-16(21)25)27-28(19)18-3-1-2-4-20(18)31(26,29)30/h1-11H,(H2,26,29,30). The fourth-order valence-corrected chi connectivity index (χ4v) is 4.01. The first kappa shape index (κ1) is 21.1. The number of halogens is 4. The molecule has 0 radical (unpaired) electrons. The molecule has 10 heteroatoms. The number of rotatable bonds is 4. The Balaban J connectivity index is 2.03. The smallest absolute Gasteiger partial charge is 0.231 e. The Morgan fingerprint density at radius 3 is 2.13 bits per heavy atom. The van der Waals surface area contributed by atoms with Crippen LogP contribution in [0.2, 0.25) is 5.02 Å². The van der Waals surface area contributed by atoms with E-state index in [0.717, 1.165) is 0 Å². The molecule has 3 aromatic carbocycles. The molecule has 0 aliphatic rings. The van der Waals surface area contributed by atoms with Crippen LogP contribution >= 0.6 is 11.6 Å². The number of nitrogens with two attached hydrogens (primary N) is 1. The summed E-state index contributed by atoms with van der Waals surface area (Å²) in [5, 5.41) is 10.0. The van der Waals surface area contributed by atoms with Crippen LogP contribution in [0.3, 0.4) is 0 Å². The molecular formula is C21H13ClF3N3O2S. The quantitative estimate of drug-likeness (QED) is 0.466. The van der Waals surface area contributed by atoms with E-state index in [1.165, 1.54) is 28.9 Å². The van der Waals surface area contributed by atoms with Gasteiger partial charge in [-0.25, -0.2) is 31.4 Å². The molecule has 0 spiro atoms. The van der Waals surface area contributed by atoms with Crippen molar-refractivity contribution in [3.8, 4) is 28.2 Å². The third kappa shape index (κ3) is 4.07. The molecule has 0 aliphatic heterocycles. The van der Waals surface area contributed by atoms with Crippen LogP contribution in [-0.2, 0) is 10.0 Å². The maximum atomic E-state index is 14.4. The van der Waals surface area contributed by atoms with Gasteiger partial charge < -0.3 is 0 Å². The van der Waals surface area contributed by atoms with Gasteiger partial charge in [0.25, 0.3) is 0 Å². The van der Waals surface area contributed by atoms with Gasteiger partial charge in [0.1, 0.15) is 22.3 Å². The second-order valence-corrected chi connectivity index (χ2v) is 8.56. The zero-order valence-corrected chi connectivity index (χ0v) is 17.1. The number of nitrogens with zero attached hydrogens (tertiary/aromatic N) is 2. The van der Waals surface area contributed by atoms with Gasteiger partial charge in [-0.3, -0.25) is 0 Å². The fourth-order valence-electron chi connectivity index (χ4n) is 3.17. The Morgan fingerprint density at radius 1 is 0.903 bits per heavy atom. The molecule has 0 fully saturated rings. The highest BCUT2D eigenvalue weighted by Gasteiger charge is 2.23. The SMILES string of the molecule is NS(=O)(=O)c1ccccc1-n1nc(-c2c(F)cc(F)cc2F)cc1-c1ccc(Cl)cc1. The molecule has 1 aromatic heterocycles. The number of hydrogen-bond donors (Lipinski definition) is 1. The number of para-hydroxylation sites is 1. The van der Waals surface area contributed by atoms with Crippen LogP contribution in [0.15, 0.2) is 71.6 Å². The van der Waals surface area contributed by atoms with E-state index in [1.807, 2.05) is 0 Å². The Morgan fingerprint density at radius 2 is 1.52 bits per heavy atom. The van der Waals surface area contributed by atoms with Crippen LogP contribution in [0.4, 0.5) is 13.2 Å².